The van der Waals surface area contributed by atoms with Crippen LogP contribution in [0.5, 0.6) is 0 Å². The summed E-state index contributed by atoms with van der Waals surface area (Å²) in [5.74, 6) is -0.0803. The molecule has 112 valence electrons. The number of nitrogens with one attached hydrogen (secondary N) is 1. The van der Waals surface area contributed by atoms with Gasteiger partial charge in [0.05, 0.1) is 12.7 Å². The van der Waals surface area contributed by atoms with Crippen molar-refractivity contribution in [3.8, 4) is 0 Å². The molecule has 1 heterocycles. The molecule has 0 atom stereocenters. The van der Waals surface area contributed by atoms with E-state index in [1.165, 1.54) is 11.1 Å². The van der Waals surface area contributed by atoms with E-state index in [-0.39, 0.29) is 12.3 Å². The highest BCUT2D eigenvalue weighted by atomic mass is 35.5. The second-order valence-corrected chi connectivity index (χ2v) is 5.86. The number of anilines is 1. The molecule has 3 nitrogen and oxygen atoms in total. The monoisotopic (exact) mass is 313 g/mol. The molecule has 2 aromatic carbocycles. The van der Waals surface area contributed by atoms with Crippen LogP contribution in [0.2, 0.25) is 5.02 Å². The number of amides is 1. The van der Waals surface area contributed by atoms with Crippen molar-refractivity contribution in [2.24, 2.45) is 0 Å². The Bertz CT molecular complexity index is 834. The van der Waals surface area contributed by atoms with Crippen LogP contribution in [0.1, 0.15) is 16.7 Å². The molecule has 4 heteroatoms. The molecule has 0 saturated carbocycles. The van der Waals surface area contributed by atoms with Gasteiger partial charge in [-0.15, -0.1) is 0 Å². The van der Waals surface area contributed by atoms with E-state index in [4.69, 9.17) is 16.0 Å². The smallest absolute Gasteiger partial charge is 0.228 e. The van der Waals surface area contributed by atoms with Gasteiger partial charge in [0.1, 0.15) is 5.58 Å². The number of carbonyl (C=O) groups excluding carboxylic acids is 1. The summed E-state index contributed by atoms with van der Waals surface area (Å²) in [4.78, 5) is 12.2. The van der Waals surface area contributed by atoms with E-state index in [1.807, 2.05) is 13.0 Å². The molecule has 0 saturated heterocycles. The lowest BCUT2D eigenvalue weighted by Crippen LogP contribution is -2.14. The summed E-state index contributed by atoms with van der Waals surface area (Å²) >= 11 is 5.83. The Balaban J connectivity index is 1.79. The number of rotatable bonds is 3. The molecular weight excluding hydrogens is 298 g/mol. The van der Waals surface area contributed by atoms with Crippen molar-refractivity contribution in [1.29, 1.82) is 0 Å². The molecule has 1 aromatic heterocycles. The number of carbonyl (C=O) groups is 1. The van der Waals surface area contributed by atoms with Crippen molar-refractivity contribution < 1.29 is 9.21 Å². The Morgan fingerprint density at radius 2 is 1.82 bits per heavy atom. The van der Waals surface area contributed by atoms with E-state index in [0.717, 1.165) is 22.2 Å². The number of furan rings is 1. The molecular formula is C18H16ClNO2. The second-order valence-electron chi connectivity index (χ2n) is 5.43. The van der Waals surface area contributed by atoms with Gasteiger partial charge in [-0.05, 0) is 61.4 Å². The van der Waals surface area contributed by atoms with E-state index >= 15 is 0 Å². The van der Waals surface area contributed by atoms with E-state index in [9.17, 15) is 4.79 Å². The predicted molar refractivity (Wildman–Crippen MR) is 89.5 cm³/mol. The van der Waals surface area contributed by atoms with Gasteiger partial charge < -0.3 is 9.73 Å². The van der Waals surface area contributed by atoms with Crippen molar-refractivity contribution in [2.75, 3.05) is 5.32 Å². The number of halogens is 1. The fraction of sp³-hybridized carbons (Fsp3) is 0.167. The van der Waals surface area contributed by atoms with Crippen molar-refractivity contribution in [3.63, 3.8) is 0 Å². The third-order valence-corrected chi connectivity index (χ3v) is 4.00. The third-order valence-electron chi connectivity index (χ3n) is 3.75. The van der Waals surface area contributed by atoms with Gasteiger partial charge in [-0.25, -0.2) is 0 Å². The lowest BCUT2D eigenvalue weighted by molar-refractivity contribution is -0.115. The lowest BCUT2D eigenvalue weighted by atomic mass is 10.0. The summed E-state index contributed by atoms with van der Waals surface area (Å²) in [7, 11) is 0. The molecule has 0 aliphatic carbocycles. The molecule has 0 spiro atoms. The first-order valence-corrected chi connectivity index (χ1v) is 7.43. The molecule has 1 amide bonds. The second kappa shape index (κ2) is 5.85. The molecule has 3 aromatic rings. The SMILES string of the molecule is Cc1cc2occ(CC(=O)Nc3ccc(Cl)cc3)c2cc1C. The van der Waals surface area contributed by atoms with Gasteiger partial charge in [0.25, 0.3) is 0 Å². The number of benzene rings is 2. The molecule has 1 N–H and O–H groups in total. The van der Waals surface area contributed by atoms with Crippen LogP contribution in [-0.2, 0) is 11.2 Å². The van der Waals surface area contributed by atoms with E-state index < -0.39 is 0 Å². The topological polar surface area (TPSA) is 42.2 Å². The Hall–Kier alpha value is -2.26. The maximum atomic E-state index is 12.2. The van der Waals surface area contributed by atoms with Crippen LogP contribution in [0.15, 0.2) is 47.1 Å². The zero-order valence-electron chi connectivity index (χ0n) is 12.4. The van der Waals surface area contributed by atoms with Crippen LogP contribution < -0.4 is 5.32 Å². The molecule has 0 fully saturated rings. The first-order chi connectivity index (χ1) is 10.5. The summed E-state index contributed by atoms with van der Waals surface area (Å²) in [6, 6.07) is 11.1. The van der Waals surface area contributed by atoms with Crippen molar-refractivity contribution in [3.05, 3.63) is 64.4 Å². The molecule has 0 radical (unpaired) electrons. The van der Waals surface area contributed by atoms with E-state index in [0.29, 0.717) is 5.02 Å². The molecule has 0 unspecified atom stereocenters. The highest BCUT2D eigenvalue weighted by molar-refractivity contribution is 6.30. The molecule has 0 aliphatic heterocycles. The van der Waals surface area contributed by atoms with Gasteiger partial charge in [-0.1, -0.05) is 11.6 Å². The average molecular weight is 314 g/mol. The van der Waals surface area contributed by atoms with Crippen LogP contribution in [-0.4, -0.2) is 5.91 Å². The van der Waals surface area contributed by atoms with Crippen LogP contribution >= 0.6 is 11.6 Å². The van der Waals surface area contributed by atoms with Crippen LogP contribution in [0.25, 0.3) is 11.0 Å². The number of hydrogen-bond acceptors (Lipinski definition) is 2. The van der Waals surface area contributed by atoms with E-state index in [2.05, 4.69) is 18.3 Å². The normalized spacial score (nSPS) is 10.9. The molecule has 3 rings (SSSR count). The van der Waals surface area contributed by atoms with Crippen LogP contribution in [0.4, 0.5) is 5.69 Å². The summed E-state index contributed by atoms with van der Waals surface area (Å²) in [6.45, 7) is 4.10. The Morgan fingerprint density at radius 3 is 2.55 bits per heavy atom. The van der Waals surface area contributed by atoms with Crippen molar-refractivity contribution in [1.82, 2.24) is 0 Å². The fourth-order valence-corrected chi connectivity index (χ4v) is 2.51. The van der Waals surface area contributed by atoms with Crippen LogP contribution in [0, 0.1) is 13.8 Å². The molecule has 0 bridgehead atoms. The maximum Gasteiger partial charge on any atom is 0.228 e. The molecule has 0 aliphatic rings. The summed E-state index contributed by atoms with van der Waals surface area (Å²) in [6.07, 6.45) is 1.93. The third kappa shape index (κ3) is 3.00. The Morgan fingerprint density at radius 1 is 1.14 bits per heavy atom. The number of fused-ring (bicyclic) bond motifs is 1. The van der Waals surface area contributed by atoms with Gasteiger partial charge in [-0.2, -0.15) is 0 Å². The first-order valence-electron chi connectivity index (χ1n) is 7.05. The Labute approximate surface area is 133 Å². The van der Waals surface area contributed by atoms with Crippen LogP contribution in [0.3, 0.4) is 0 Å². The van der Waals surface area contributed by atoms with Gasteiger partial charge >= 0.3 is 0 Å². The average Bonchev–Trinajstić information content (AvgIpc) is 2.84. The summed E-state index contributed by atoms with van der Waals surface area (Å²) in [5, 5.41) is 4.50. The highest BCUT2D eigenvalue weighted by Crippen LogP contribution is 2.25. The standard InChI is InChI=1S/C18H16ClNO2/c1-11-7-16-13(10-22-17(16)8-12(11)2)9-18(21)20-15-5-3-14(19)4-6-15/h3-8,10H,9H2,1-2H3,(H,20,21). The highest BCUT2D eigenvalue weighted by Gasteiger charge is 2.12. The minimum atomic E-state index is -0.0803. The quantitative estimate of drug-likeness (QED) is 0.748. The van der Waals surface area contributed by atoms with Crippen molar-refractivity contribution >= 4 is 34.2 Å². The van der Waals surface area contributed by atoms with E-state index in [1.54, 1.807) is 30.5 Å². The predicted octanol–water partition coefficient (Wildman–Crippen LogP) is 4.88. The van der Waals surface area contributed by atoms with Gasteiger partial charge in [0, 0.05) is 21.7 Å². The maximum absolute atomic E-state index is 12.2. The minimum absolute atomic E-state index is 0.0803. The zero-order valence-corrected chi connectivity index (χ0v) is 13.2. The number of hydrogen-bond donors (Lipinski definition) is 1. The number of aryl methyl sites for hydroxylation is 2. The summed E-state index contributed by atoms with van der Waals surface area (Å²) < 4.78 is 5.55. The lowest BCUT2D eigenvalue weighted by Gasteiger charge is -2.05. The van der Waals surface area contributed by atoms with Crippen molar-refractivity contribution in [2.45, 2.75) is 20.3 Å². The van der Waals surface area contributed by atoms with Gasteiger partial charge in [0.15, 0.2) is 0 Å². The Kier molecular flexibility index (Phi) is 3.90. The summed E-state index contributed by atoms with van der Waals surface area (Å²) in [5.41, 5.74) is 4.81. The van der Waals surface area contributed by atoms with Gasteiger partial charge in [-0.3, -0.25) is 4.79 Å². The zero-order chi connectivity index (χ0) is 15.7. The molecule has 22 heavy (non-hydrogen) atoms. The van der Waals surface area contributed by atoms with Gasteiger partial charge in [0.2, 0.25) is 5.91 Å². The fourth-order valence-electron chi connectivity index (χ4n) is 2.38. The largest absolute Gasteiger partial charge is 0.464 e. The first kappa shape index (κ1) is 14.7. The minimum Gasteiger partial charge on any atom is -0.464 e.